The molecule has 1 heterocycles. The quantitative estimate of drug-likeness (QED) is 0.893. The third kappa shape index (κ3) is 3.99. The van der Waals surface area contributed by atoms with Crippen LogP contribution in [0.15, 0.2) is 18.2 Å². The summed E-state index contributed by atoms with van der Waals surface area (Å²) in [5, 5.41) is 3.44. The van der Waals surface area contributed by atoms with Gasteiger partial charge < -0.3 is 10.2 Å². The molecule has 1 aliphatic rings. The molecule has 0 saturated carbocycles. The maximum absolute atomic E-state index is 13.9. The summed E-state index contributed by atoms with van der Waals surface area (Å²) in [7, 11) is 4.20. The Morgan fingerprint density at radius 1 is 1.29 bits per heavy atom. The lowest BCUT2D eigenvalue weighted by molar-refractivity contribution is 0.0878. The summed E-state index contributed by atoms with van der Waals surface area (Å²) in [6.45, 7) is 5.83. The normalized spacial score (nSPS) is 22.4. The van der Waals surface area contributed by atoms with Gasteiger partial charge in [0.15, 0.2) is 11.6 Å². The maximum Gasteiger partial charge on any atom is 0.162 e. The molecular weight excluding hydrogens is 272 g/mol. The van der Waals surface area contributed by atoms with Crippen LogP contribution in [0.1, 0.15) is 12.5 Å². The molecule has 1 saturated heterocycles. The van der Waals surface area contributed by atoms with E-state index < -0.39 is 11.6 Å². The molecule has 0 amide bonds. The third-order valence-electron chi connectivity index (χ3n) is 4.30. The molecule has 3 nitrogen and oxygen atoms in total. The molecule has 1 N–H and O–H groups in total. The fourth-order valence-corrected chi connectivity index (χ4v) is 3.03. The smallest absolute Gasteiger partial charge is 0.162 e. The van der Waals surface area contributed by atoms with E-state index in [1.54, 1.807) is 12.1 Å². The van der Waals surface area contributed by atoms with Gasteiger partial charge in [0, 0.05) is 31.7 Å². The molecular formula is C16H25F2N3. The van der Waals surface area contributed by atoms with Gasteiger partial charge in [0.1, 0.15) is 0 Å². The lowest BCUT2D eigenvalue weighted by atomic mass is 9.96. The Morgan fingerprint density at radius 3 is 2.76 bits per heavy atom. The van der Waals surface area contributed by atoms with E-state index in [0.29, 0.717) is 18.0 Å². The number of hydrogen-bond acceptors (Lipinski definition) is 3. The van der Waals surface area contributed by atoms with Crippen molar-refractivity contribution in [3.8, 4) is 0 Å². The molecule has 0 aromatic heterocycles. The van der Waals surface area contributed by atoms with Crippen molar-refractivity contribution in [3.05, 3.63) is 35.4 Å². The fourth-order valence-electron chi connectivity index (χ4n) is 3.03. The van der Waals surface area contributed by atoms with Gasteiger partial charge in [-0.15, -0.1) is 0 Å². The van der Waals surface area contributed by atoms with E-state index in [1.807, 2.05) is 6.92 Å². The molecule has 5 heteroatoms. The molecule has 21 heavy (non-hydrogen) atoms. The summed E-state index contributed by atoms with van der Waals surface area (Å²) in [6, 6.07) is 4.83. The first-order chi connectivity index (χ1) is 10.0. The molecule has 118 valence electrons. The summed E-state index contributed by atoms with van der Waals surface area (Å²) >= 11 is 0. The summed E-state index contributed by atoms with van der Waals surface area (Å²) in [4.78, 5) is 4.60. The van der Waals surface area contributed by atoms with Crippen LogP contribution in [-0.4, -0.2) is 62.2 Å². The van der Waals surface area contributed by atoms with Gasteiger partial charge in [0.2, 0.25) is 0 Å². The molecule has 0 radical (unpaired) electrons. The van der Waals surface area contributed by atoms with Gasteiger partial charge in [-0.2, -0.15) is 0 Å². The van der Waals surface area contributed by atoms with Crippen LogP contribution in [0.4, 0.5) is 8.78 Å². The van der Waals surface area contributed by atoms with E-state index in [4.69, 9.17) is 0 Å². The van der Waals surface area contributed by atoms with Crippen molar-refractivity contribution in [1.29, 1.82) is 0 Å². The zero-order chi connectivity index (χ0) is 15.4. The fraction of sp³-hybridized carbons (Fsp3) is 0.625. The highest BCUT2D eigenvalue weighted by molar-refractivity contribution is 5.20. The number of hydrogen-bond donors (Lipinski definition) is 1. The van der Waals surface area contributed by atoms with Crippen molar-refractivity contribution >= 4 is 0 Å². The number of nitrogens with zero attached hydrogens (tertiary/aromatic N) is 2. The minimum absolute atomic E-state index is 0.110. The number of rotatable bonds is 5. The largest absolute Gasteiger partial charge is 0.312 e. The van der Waals surface area contributed by atoms with Gasteiger partial charge in [-0.1, -0.05) is 19.1 Å². The van der Waals surface area contributed by atoms with E-state index >= 15 is 0 Å². The van der Waals surface area contributed by atoms with Gasteiger partial charge in [-0.25, -0.2) is 8.78 Å². The lowest BCUT2D eigenvalue weighted by Gasteiger charge is -2.42. The number of likely N-dealkylation sites (N-methyl/N-ethyl adjacent to an activating group) is 3. The van der Waals surface area contributed by atoms with Crippen molar-refractivity contribution in [1.82, 2.24) is 15.1 Å². The zero-order valence-corrected chi connectivity index (χ0v) is 13.1. The molecule has 0 aliphatic carbocycles. The molecule has 2 unspecified atom stereocenters. The number of benzene rings is 1. The van der Waals surface area contributed by atoms with Crippen LogP contribution >= 0.6 is 0 Å². The second kappa shape index (κ2) is 7.29. The third-order valence-corrected chi connectivity index (χ3v) is 4.30. The molecule has 1 fully saturated rings. The Hall–Kier alpha value is -1.04. The Bertz CT molecular complexity index is 467. The summed E-state index contributed by atoms with van der Waals surface area (Å²) in [6.07, 6.45) is 0.500. The summed E-state index contributed by atoms with van der Waals surface area (Å²) in [5.74, 6) is -1.48. The average Bonchev–Trinajstić information content (AvgIpc) is 2.46. The molecule has 2 atom stereocenters. The number of nitrogens with one attached hydrogen (secondary N) is 1. The zero-order valence-electron chi connectivity index (χ0n) is 13.1. The topological polar surface area (TPSA) is 18.5 Å². The molecule has 0 bridgehead atoms. The van der Waals surface area contributed by atoms with Crippen LogP contribution < -0.4 is 5.32 Å². The van der Waals surface area contributed by atoms with Crippen molar-refractivity contribution in [3.63, 3.8) is 0 Å². The first-order valence-electron chi connectivity index (χ1n) is 7.58. The van der Waals surface area contributed by atoms with E-state index in [2.05, 4.69) is 29.2 Å². The Morgan fingerprint density at radius 2 is 2.05 bits per heavy atom. The van der Waals surface area contributed by atoms with Gasteiger partial charge in [0.25, 0.3) is 0 Å². The van der Waals surface area contributed by atoms with Gasteiger partial charge in [0.05, 0.1) is 0 Å². The van der Waals surface area contributed by atoms with Crippen LogP contribution in [0, 0.1) is 11.6 Å². The predicted molar refractivity (Wildman–Crippen MR) is 81.4 cm³/mol. The molecule has 0 spiro atoms. The highest BCUT2D eigenvalue weighted by Gasteiger charge is 2.30. The predicted octanol–water partition coefficient (Wildman–Crippen LogP) is 1.73. The van der Waals surface area contributed by atoms with Crippen molar-refractivity contribution < 1.29 is 8.78 Å². The first kappa shape index (κ1) is 16.3. The second-order valence-electron chi connectivity index (χ2n) is 5.89. The summed E-state index contributed by atoms with van der Waals surface area (Å²) in [5.41, 5.74) is 0.447. The SMILES string of the molecule is CCNC(Cc1cccc(F)c1F)C1CN(C)CCN1C. The van der Waals surface area contributed by atoms with E-state index in [9.17, 15) is 8.78 Å². The standard InChI is InChI=1S/C16H25F2N3/c1-4-19-14(15-11-20(2)8-9-21(15)3)10-12-6-5-7-13(17)16(12)18/h5-7,14-15,19H,4,8-11H2,1-3H3. The number of halogens is 2. The second-order valence-corrected chi connectivity index (χ2v) is 5.89. The first-order valence-corrected chi connectivity index (χ1v) is 7.58. The molecule has 1 aliphatic heterocycles. The van der Waals surface area contributed by atoms with Crippen LogP contribution in [0.25, 0.3) is 0 Å². The van der Waals surface area contributed by atoms with Gasteiger partial charge in [-0.05, 0) is 38.7 Å². The van der Waals surface area contributed by atoms with Crippen molar-refractivity contribution in [2.75, 3.05) is 40.3 Å². The minimum Gasteiger partial charge on any atom is -0.312 e. The molecule has 2 rings (SSSR count). The van der Waals surface area contributed by atoms with E-state index in [1.165, 1.54) is 6.07 Å². The van der Waals surface area contributed by atoms with Crippen molar-refractivity contribution in [2.24, 2.45) is 0 Å². The van der Waals surface area contributed by atoms with Gasteiger partial charge >= 0.3 is 0 Å². The van der Waals surface area contributed by atoms with Crippen LogP contribution in [0.3, 0.4) is 0 Å². The Kier molecular flexibility index (Phi) is 5.67. The Labute approximate surface area is 125 Å². The van der Waals surface area contributed by atoms with Crippen LogP contribution in [0.5, 0.6) is 0 Å². The van der Waals surface area contributed by atoms with Crippen LogP contribution in [0.2, 0.25) is 0 Å². The van der Waals surface area contributed by atoms with E-state index in [-0.39, 0.29) is 6.04 Å². The highest BCUT2D eigenvalue weighted by Crippen LogP contribution is 2.18. The summed E-state index contributed by atoms with van der Waals surface area (Å²) < 4.78 is 27.3. The molecule has 1 aromatic carbocycles. The Balaban J connectivity index is 2.16. The van der Waals surface area contributed by atoms with Gasteiger partial charge in [-0.3, -0.25) is 4.90 Å². The minimum atomic E-state index is -0.767. The highest BCUT2D eigenvalue weighted by atomic mass is 19.2. The monoisotopic (exact) mass is 297 g/mol. The number of piperazine rings is 1. The van der Waals surface area contributed by atoms with Crippen LogP contribution in [-0.2, 0) is 6.42 Å². The lowest BCUT2D eigenvalue weighted by Crippen LogP contribution is -2.59. The van der Waals surface area contributed by atoms with Crippen molar-refractivity contribution in [2.45, 2.75) is 25.4 Å². The maximum atomic E-state index is 13.9. The average molecular weight is 297 g/mol. The molecule has 1 aromatic rings. The van der Waals surface area contributed by atoms with E-state index in [0.717, 1.165) is 26.2 Å².